The van der Waals surface area contributed by atoms with Gasteiger partial charge in [0.25, 0.3) is 0 Å². The summed E-state index contributed by atoms with van der Waals surface area (Å²) >= 11 is 0. The van der Waals surface area contributed by atoms with Crippen molar-refractivity contribution >= 4 is 17.8 Å². The molecule has 42 heavy (non-hydrogen) atoms. The first-order valence-electron chi connectivity index (χ1n) is 15.6. The number of hydrogen-bond donors (Lipinski definition) is 4. The molecule has 9 nitrogen and oxygen atoms in total. The predicted octanol–water partition coefficient (Wildman–Crippen LogP) is 3.59. The van der Waals surface area contributed by atoms with Gasteiger partial charge in [-0.25, -0.2) is 4.79 Å². The van der Waals surface area contributed by atoms with Crippen molar-refractivity contribution in [2.45, 2.75) is 103 Å². The number of carbonyl (C=O) groups is 3. The topological polar surface area (TPSA) is 136 Å². The predicted molar refractivity (Wildman–Crippen MR) is 154 cm³/mol. The first-order chi connectivity index (χ1) is 19.9. The Morgan fingerprint density at radius 2 is 1.81 bits per heavy atom. The van der Waals surface area contributed by atoms with Gasteiger partial charge in [0.15, 0.2) is 11.5 Å². The number of aliphatic hydroxyl groups excluding tert-OH is 1. The Hall–Kier alpha value is -3.07. The van der Waals surface area contributed by atoms with Gasteiger partial charge in [-0.15, -0.1) is 0 Å². The Kier molecular flexibility index (Phi) is 7.10. The summed E-state index contributed by atoms with van der Waals surface area (Å²) in [6, 6.07) is 2.40. The van der Waals surface area contributed by atoms with Crippen LogP contribution in [-0.2, 0) is 25.5 Å². The number of esters is 1. The number of ether oxygens (including phenoxy) is 1. The third-order valence-electron chi connectivity index (χ3n) is 12.1. The number of phenolic OH excluding ortho intramolecular Hbond substituents is 2. The van der Waals surface area contributed by atoms with E-state index in [9.17, 15) is 29.7 Å². The lowest BCUT2D eigenvalue weighted by molar-refractivity contribution is -0.176. The van der Waals surface area contributed by atoms with Crippen molar-refractivity contribution in [1.29, 1.82) is 0 Å². The fourth-order valence-corrected chi connectivity index (χ4v) is 9.64. The zero-order valence-electron chi connectivity index (χ0n) is 24.8. The molecule has 2 amide bonds. The van der Waals surface area contributed by atoms with Crippen molar-refractivity contribution in [2.75, 3.05) is 6.54 Å². The minimum atomic E-state index is -1.46. The number of hydrogen-bond acceptors (Lipinski definition) is 7. The Labute approximate surface area is 247 Å². The molecule has 9 heteroatoms. The minimum Gasteiger partial charge on any atom is -0.504 e. The molecule has 1 aromatic rings. The molecule has 0 radical (unpaired) electrons. The highest BCUT2D eigenvalue weighted by molar-refractivity contribution is 5.93. The molecule has 7 unspecified atom stereocenters. The van der Waals surface area contributed by atoms with Crippen molar-refractivity contribution in [3.05, 3.63) is 35.9 Å². The fraction of sp³-hybridized carbons (Fsp3) is 0.667. The third-order valence-corrected chi connectivity index (χ3v) is 12.1. The molecular weight excluding hydrogens is 536 g/mol. The zero-order chi connectivity index (χ0) is 30.0. The summed E-state index contributed by atoms with van der Waals surface area (Å²) in [5.74, 6) is -1.57. The van der Waals surface area contributed by atoms with Crippen LogP contribution in [0.4, 0.5) is 0 Å². The van der Waals surface area contributed by atoms with Crippen LogP contribution in [0.1, 0.15) is 77.7 Å². The largest absolute Gasteiger partial charge is 0.504 e. The molecule has 0 aromatic heterocycles. The molecule has 4 fully saturated rings. The lowest BCUT2D eigenvalue weighted by Gasteiger charge is -2.46. The van der Waals surface area contributed by atoms with E-state index in [0.29, 0.717) is 11.5 Å². The molecular formula is C33H44N2O7. The number of nitrogens with zero attached hydrogens (tertiary/aromatic N) is 1. The third kappa shape index (κ3) is 4.17. The van der Waals surface area contributed by atoms with Crippen LogP contribution in [0.25, 0.3) is 0 Å². The normalized spacial score (nSPS) is 34.1. The molecule has 0 saturated heterocycles. The fourth-order valence-electron chi connectivity index (χ4n) is 9.64. The van der Waals surface area contributed by atoms with Gasteiger partial charge in [-0.1, -0.05) is 58.3 Å². The van der Waals surface area contributed by atoms with E-state index in [1.165, 1.54) is 29.5 Å². The highest BCUT2D eigenvalue weighted by Gasteiger charge is 2.91. The summed E-state index contributed by atoms with van der Waals surface area (Å²) in [6.45, 7) is 7.17. The van der Waals surface area contributed by atoms with Gasteiger partial charge < -0.3 is 30.3 Å². The van der Waals surface area contributed by atoms with Crippen LogP contribution < -0.4 is 5.32 Å². The van der Waals surface area contributed by atoms with Gasteiger partial charge in [0.05, 0.1) is 0 Å². The molecule has 228 valence electrons. The maximum atomic E-state index is 14.1. The monoisotopic (exact) mass is 580 g/mol. The minimum absolute atomic E-state index is 0.0376. The summed E-state index contributed by atoms with van der Waals surface area (Å²) in [5, 5.41) is 32.9. The van der Waals surface area contributed by atoms with E-state index < -0.39 is 30.1 Å². The molecule has 6 rings (SSSR count). The van der Waals surface area contributed by atoms with Crippen LogP contribution in [0.5, 0.6) is 11.5 Å². The standard InChI is InChI=1S/C33H44N2O7/c1-31(2)32(3)14-13-21-18-26(33(21,31)32)42-30(41)22-10-7-15-35(22)29(40)27(20-8-5-4-6-9-20)34-28(39)25(38)17-19-11-12-23(36)24(37)16-19/h7,10-12,16,20-22,25-27,36-38H,4-6,8-9,13-15,17-18H2,1-3H3,(H,34,39). The maximum absolute atomic E-state index is 14.1. The summed E-state index contributed by atoms with van der Waals surface area (Å²) < 4.78 is 6.19. The average molecular weight is 581 g/mol. The second-order valence-electron chi connectivity index (χ2n) is 14.0. The number of aliphatic hydroxyl groups is 1. The highest BCUT2D eigenvalue weighted by atomic mass is 16.5. The Balaban J connectivity index is 1.14. The van der Waals surface area contributed by atoms with Gasteiger partial charge >= 0.3 is 5.97 Å². The first kappa shape index (κ1) is 29.0. The van der Waals surface area contributed by atoms with Crippen LogP contribution in [0.2, 0.25) is 0 Å². The van der Waals surface area contributed by atoms with E-state index in [1.54, 1.807) is 12.2 Å². The number of benzene rings is 1. The van der Waals surface area contributed by atoms with Crippen molar-refractivity contribution in [2.24, 2.45) is 28.1 Å². The van der Waals surface area contributed by atoms with Gasteiger partial charge in [0.1, 0.15) is 24.3 Å². The van der Waals surface area contributed by atoms with Gasteiger partial charge in [0, 0.05) is 18.4 Å². The Morgan fingerprint density at radius 1 is 1.07 bits per heavy atom. The second kappa shape index (κ2) is 10.3. The van der Waals surface area contributed by atoms with Crippen LogP contribution in [0.3, 0.4) is 0 Å². The number of rotatable bonds is 8. The number of carbonyl (C=O) groups excluding carboxylic acids is 3. The SMILES string of the molecule is CC1(C)C2(C)CCC3CC(OC(=O)C4C=CCN4C(=O)C(NC(=O)C(O)Cc4ccc(O)c(O)c4)C4CCCCC4)C312. The molecule has 1 aliphatic heterocycles. The molecule has 4 saturated carbocycles. The van der Waals surface area contributed by atoms with Gasteiger partial charge in [-0.3, -0.25) is 9.59 Å². The maximum Gasteiger partial charge on any atom is 0.333 e. The molecule has 0 bridgehead atoms. The smallest absolute Gasteiger partial charge is 0.333 e. The van der Waals surface area contributed by atoms with Crippen molar-refractivity contribution in [3.63, 3.8) is 0 Å². The zero-order valence-corrected chi connectivity index (χ0v) is 24.8. The van der Waals surface area contributed by atoms with Crippen molar-refractivity contribution in [3.8, 4) is 11.5 Å². The molecule has 4 aliphatic carbocycles. The van der Waals surface area contributed by atoms with Crippen LogP contribution in [-0.4, -0.2) is 68.8 Å². The van der Waals surface area contributed by atoms with E-state index in [1.807, 2.05) is 0 Å². The lowest BCUT2D eigenvalue weighted by Crippen LogP contribution is -2.57. The highest BCUT2D eigenvalue weighted by Crippen LogP contribution is 2.93. The van der Waals surface area contributed by atoms with Crippen molar-refractivity contribution in [1.82, 2.24) is 10.2 Å². The Morgan fingerprint density at radius 3 is 2.48 bits per heavy atom. The molecule has 1 heterocycles. The molecule has 5 aliphatic rings. The quantitative estimate of drug-likeness (QED) is 0.210. The van der Waals surface area contributed by atoms with Crippen molar-refractivity contribution < 1.29 is 34.4 Å². The summed E-state index contributed by atoms with van der Waals surface area (Å²) in [5.41, 5.74) is 0.819. The number of aromatic hydroxyl groups is 2. The molecule has 1 spiro atoms. The van der Waals surface area contributed by atoms with E-state index in [4.69, 9.17) is 4.74 Å². The molecule has 4 N–H and O–H groups in total. The van der Waals surface area contributed by atoms with Crippen LogP contribution in [0.15, 0.2) is 30.4 Å². The first-order valence-corrected chi connectivity index (χ1v) is 15.6. The van der Waals surface area contributed by atoms with E-state index in [0.717, 1.165) is 44.9 Å². The second-order valence-corrected chi connectivity index (χ2v) is 14.0. The van der Waals surface area contributed by atoms with E-state index in [2.05, 4.69) is 26.1 Å². The summed E-state index contributed by atoms with van der Waals surface area (Å²) in [6.07, 6.45) is 9.58. The molecule has 1 aromatic carbocycles. The van der Waals surface area contributed by atoms with E-state index in [-0.39, 0.29) is 58.6 Å². The van der Waals surface area contributed by atoms with Crippen LogP contribution in [0, 0.1) is 28.1 Å². The summed E-state index contributed by atoms with van der Waals surface area (Å²) in [4.78, 5) is 42.3. The Bertz CT molecular complexity index is 1300. The van der Waals surface area contributed by atoms with Gasteiger partial charge in [-0.05, 0) is 72.5 Å². The van der Waals surface area contributed by atoms with Gasteiger partial charge in [0.2, 0.25) is 11.8 Å². The average Bonchev–Trinajstić information content (AvgIpc) is 3.31. The van der Waals surface area contributed by atoms with Gasteiger partial charge in [-0.2, -0.15) is 0 Å². The molecule has 7 atom stereocenters. The van der Waals surface area contributed by atoms with Crippen LogP contribution >= 0.6 is 0 Å². The number of amides is 2. The lowest BCUT2D eigenvalue weighted by atomic mass is 9.64. The summed E-state index contributed by atoms with van der Waals surface area (Å²) in [7, 11) is 0. The number of nitrogens with one attached hydrogen (secondary N) is 1. The number of phenols is 2. The van der Waals surface area contributed by atoms with E-state index >= 15 is 0 Å².